The van der Waals surface area contributed by atoms with Crippen molar-refractivity contribution in [3.63, 3.8) is 0 Å². The number of amides is 1. The highest BCUT2D eigenvalue weighted by atomic mass is 32.1. The van der Waals surface area contributed by atoms with Crippen LogP contribution in [0.25, 0.3) is 6.08 Å². The molecular weight excluding hydrogens is 268 g/mol. The average Bonchev–Trinajstić information content (AvgIpc) is 2.95. The van der Waals surface area contributed by atoms with Gasteiger partial charge in [0, 0.05) is 17.2 Å². The Morgan fingerprint density at radius 2 is 2.32 bits per heavy atom. The number of rotatable bonds is 4. The van der Waals surface area contributed by atoms with Crippen molar-refractivity contribution in [2.24, 2.45) is 0 Å². The molecule has 0 aliphatic heterocycles. The quantitative estimate of drug-likeness (QED) is 0.838. The monoisotopic (exact) mass is 278 g/mol. The molecule has 0 aromatic carbocycles. The first-order valence-corrected chi connectivity index (χ1v) is 6.09. The van der Waals surface area contributed by atoms with Crippen molar-refractivity contribution in [2.45, 2.75) is 6.92 Å². The lowest BCUT2D eigenvalue weighted by Crippen LogP contribution is -2.10. The Morgan fingerprint density at radius 3 is 2.95 bits per heavy atom. The molecule has 0 radical (unpaired) electrons. The van der Waals surface area contributed by atoms with Gasteiger partial charge in [-0.1, -0.05) is 11.3 Å². The molecule has 0 aliphatic rings. The summed E-state index contributed by atoms with van der Waals surface area (Å²) in [6.07, 6.45) is 5.28. The van der Waals surface area contributed by atoms with Crippen molar-refractivity contribution >= 4 is 34.4 Å². The maximum atomic E-state index is 11.8. The Hall–Kier alpha value is -2.41. The lowest BCUT2D eigenvalue weighted by atomic mass is 10.3. The number of hydrogen-bond acceptors (Lipinski definition) is 5. The molecule has 1 amide bonds. The zero-order valence-electron chi connectivity index (χ0n) is 9.91. The lowest BCUT2D eigenvalue weighted by Gasteiger charge is -1.96. The van der Waals surface area contributed by atoms with E-state index < -0.39 is 5.97 Å². The number of nitrogens with zero attached hydrogens (tertiary/aromatic N) is 1. The van der Waals surface area contributed by atoms with Gasteiger partial charge in [-0.3, -0.25) is 10.1 Å². The van der Waals surface area contributed by atoms with Gasteiger partial charge < -0.3 is 9.52 Å². The molecule has 2 heterocycles. The molecule has 0 aliphatic carbocycles. The number of aryl methyl sites for hydroxylation is 1. The minimum Gasteiger partial charge on any atom is -0.478 e. The van der Waals surface area contributed by atoms with Crippen LogP contribution in [-0.2, 0) is 4.79 Å². The van der Waals surface area contributed by atoms with E-state index in [4.69, 9.17) is 9.52 Å². The Bertz CT molecular complexity index is 642. The molecule has 2 rings (SSSR count). The van der Waals surface area contributed by atoms with E-state index in [0.717, 1.165) is 6.08 Å². The summed E-state index contributed by atoms with van der Waals surface area (Å²) in [5, 5.41) is 11.5. The van der Waals surface area contributed by atoms with E-state index in [0.29, 0.717) is 21.3 Å². The smallest absolute Gasteiger partial charge is 0.328 e. The molecule has 2 aromatic heterocycles. The number of nitrogens with one attached hydrogen (secondary N) is 1. The van der Waals surface area contributed by atoms with Crippen LogP contribution in [0.5, 0.6) is 0 Å². The number of carboxylic acid groups (broad SMARTS) is 1. The topological polar surface area (TPSA) is 92.4 Å². The molecule has 0 unspecified atom stereocenters. The van der Waals surface area contributed by atoms with Gasteiger partial charge in [-0.05, 0) is 19.1 Å². The molecule has 0 spiro atoms. The molecule has 0 fully saturated rings. The molecule has 2 N–H and O–H groups in total. The Balaban J connectivity index is 2.04. The fraction of sp³-hybridized carbons (Fsp3) is 0.0833. The molecule has 2 aromatic rings. The van der Waals surface area contributed by atoms with Crippen LogP contribution in [-0.4, -0.2) is 22.0 Å². The number of anilines is 1. The number of hydrogen-bond donors (Lipinski definition) is 2. The molecular formula is C12H10N2O4S. The Kier molecular flexibility index (Phi) is 3.76. The van der Waals surface area contributed by atoms with E-state index in [-0.39, 0.29) is 5.91 Å². The second-order valence-corrected chi connectivity index (χ2v) is 4.70. The molecule has 98 valence electrons. The van der Waals surface area contributed by atoms with Crippen LogP contribution in [0.2, 0.25) is 0 Å². The highest BCUT2D eigenvalue weighted by Crippen LogP contribution is 2.20. The normalized spacial score (nSPS) is 10.8. The third-order valence-electron chi connectivity index (χ3n) is 2.13. The van der Waals surface area contributed by atoms with Gasteiger partial charge in [0.05, 0.1) is 5.56 Å². The molecule has 0 atom stereocenters. The molecule has 0 saturated carbocycles. The van der Waals surface area contributed by atoms with Crippen LogP contribution in [0.15, 0.2) is 29.0 Å². The first kappa shape index (κ1) is 13.0. The van der Waals surface area contributed by atoms with E-state index in [2.05, 4.69) is 10.3 Å². The van der Waals surface area contributed by atoms with Crippen molar-refractivity contribution in [1.82, 2.24) is 4.98 Å². The van der Waals surface area contributed by atoms with Crippen molar-refractivity contribution in [3.05, 3.63) is 40.8 Å². The maximum Gasteiger partial charge on any atom is 0.328 e. The first-order valence-electron chi connectivity index (χ1n) is 5.28. The summed E-state index contributed by atoms with van der Waals surface area (Å²) in [4.78, 5) is 26.8. The molecule has 0 bridgehead atoms. The summed E-state index contributed by atoms with van der Waals surface area (Å²) in [7, 11) is 0. The predicted octanol–water partition coefficient (Wildman–Crippen LogP) is 2.39. The van der Waals surface area contributed by atoms with Crippen LogP contribution in [0.1, 0.15) is 21.0 Å². The van der Waals surface area contributed by atoms with Crippen LogP contribution in [0.4, 0.5) is 5.13 Å². The number of aromatic nitrogens is 1. The largest absolute Gasteiger partial charge is 0.478 e. The number of carbonyl (C=O) groups is 2. The van der Waals surface area contributed by atoms with E-state index in [1.54, 1.807) is 13.0 Å². The van der Waals surface area contributed by atoms with Gasteiger partial charge in [-0.2, -0.15) is 0 Å². The summed E-state index contributed by atoms with van der Waals surface area (Å²) in [6, 6.07) is 1.62. The lowest BCUT2D eigenvalue weighted by molar-refractivity contribution is -0.131. The zero-order valence-corrected chi connectivity index (χ0v) is 10.7. The van der Waals surface area contributed by atoms with Gasteiger partial charge in [0.25, 0.3) is 5.91 Å². The molecule has 0 saturated heterocycles. The summed E-state index contributed by atoms with van der Waals surface area (Å²) < 4.78 is 5.04. The minimum atomic E-state index is -1.03. The first-order chi connectivity index (χ1) is 9.04. The van der Waals surface area contributed by atoms with Crippen LogP contribution >= 0.6 is 11.3 Å². The molecule has 7 heteroatoms. The van der Waals surface area contributed by atoms with Crippen molar-refractivity contribution < 1.29 is 19.1 Å². The van der Waals surface area contributed by atoms with Crippen LogP contribution in [0, 0.1) is 6.92 Å². The van der Waals surface area contributed by atoms with Gasteiger partial charge in [0.15, 0.2) is 5.13 Å². The number of aliphatic carboxylic acids is 1. The highest BCUT2D eigenvalue weighted by molar-refractivity contribution is 7.16. The fourth-order valence-corrected chi connectivity index (χ4v) is 2.02. The SMILES string of the molecule is Cc1cc(C(=O)Nc2ncc(/C=C/C(=O)O)s2)co1. The standard InChI is InChI=1S/C12H10N2O4S/c1-7-4-8(6-18-7)11(17)14-12-13-5-9(19-12)2-3-10(15)16/h2-6H,1H3,(H,15,16)(H,13,14,17)/b3-2+. The Labute approximate surface area is 112 Å². The van der Waals surface area contributed by atoms with E-state index >= 15 is 0 Å². The average molecular weight is 278 g/mol. The van der Waals surface area contributed by atoms with Crippen molar-refractivity contribution in [1.29, 1.82) is 0 Å². The van der Waals surface area contributed by atoms with E-state index in [1.165, 1.54) is 29.9 Å². The van der Waals surface area contributed by atoms with Gasteiger partial charge in [0.2, 0.25) is 0 Å². The number of furan rings is 1. The number of thiazole rings is 1. The van der Waals surface area contributed by atoms with Gasteiger partial charge in [0.1, 0.15) is 12.0 Å². The predicted molar refractivity (Wildman–Crippen MR) is 70.2 cm³/mol. The summed E-state index contributed by atoms with van der Waals surface area (Å²) in [6.45, 7) is 1.75. The van der Waals surface area contributed by atoms with E-state index in [9.17, 15) is 9.59 Å². The van der Waals surface area contributed by atoms with Crippen molar-refractivity contribution in [2.75, 3.05) is 5.32 Å². The minimum absolute atomic E-state index is 0.319. The maximum absolute atomic E-state index is 11.8. The van der Waals surface area contributed by atoms with Gasteiger partial charge in [-0.25, -0.2) is 9.78 Å². The number of carboxylic acids is 1. The van der Waals surface area contributed by atoms with Gasteiger partial charge >= 0.3 is 5.97 Å². The summed E-state index contributed by atoms with van der Waals surface area (Å²) in [5.74, 6) is -0.706. The second-order valence-electron chi connectivity index (χ2n) is 3.64. The third kappa shape index (κ3) is 3.52. The van der Waals surface area contributed by atoms with Crippen LogP contribution in [0.3, 0.4) is 0 Å². The third-order valence-corrected chi connectivity index (χ3v) is 3.00. The molecule has 19 heavy (non-hydrogen) atoms. The van der Waals surface area contributed by atoms with Gasteiger partial charge in [-0.15, -0.1) is 0 Å². The Morgan fingerprint density at radius 1 is 1.53 bits per heavy atom. The zero-order chi connectivity index (χ0) is 13.8. The van der Waals surface area contributed by atoms with Crippen LogP contribution < -0.4 is 5.32 Å². The number of carbonyl (C=O) groups excluding carboxylic acids is 1. The fourth-order valence-electron chi connectivity index (χ4n) is 1.31. The summed E-state index contributed by atoms with van der Waals surface area (Å²) >= 11 is 1.18. The molecule has 6 nitrogen and oxygen atoms in total. The summed E-state index contributed by atoms with van der Waals surface area (Å²) in [5.41, 5.74) is 0.412. The second kappa shape index (κ2) is 5.49. The van der Waals surface area contributed by atoms with E-state index in [1.807, 2.05) is 0 Å². The van der Waals surface area contributed by atoms with Crippen molar-refractivity contribution in [3.8, 4) is 0 Å². The highest BCUT2D eigenvalue weighted by Gasteiger charge is 2.10.